The molecule has 1 aromatic carbocycles. The summed E-state index contributed by atoms with van der Waals surface area (Å²) in [5, 5.41) is 21.2. The van der Waals surface area contributed by atoms with Gasteiger partial charge in [0.2, 0.25) is 0 Å². The highest BCUT2D eigenvalue weighted by molar-refractivity contribution is 5.57. The zero-order valence-electron chi connectivity index (χ0n) is 16.5. The molecule has 0 heterocycles. The van der Waals surface area contributed by atoms with Crippen LogP contribution in [0, 0.1) is 0 Å². The Morgan fingerprint density at radius 3 is 1.75 bits per heavy atom. The monoisotopic (exact) mass is 335 g/mol. The summed E-state index contributed by atoms with van der Waals surface area (Å²) in [6, 6.07) is 2.10. The summed E-state index contributed by atoms with van der Waals surface area (Å²) >= 11 is 0. The number of nitrogens with two attached hydrogens (primary N) is 1. The van der Waals surface area contributed by atoms with Crippen molar-refractivity contribution in [3.8, 4) is 11.5 Å². The van der Waals surface area contributed by atoms with E-state index in [0.29, 0.717) is 0 Å². The topological polar surface area (TPSA) is 66.5 Å². The van der Waals surface area contributed by atoms with E-state index < -0.39 is 0 Å². The molecule has 0 aliphatic heterocycles. The average molecular weight is 336 g/mol. The SMILES string of the molecule is CC(C)(C)c1cc(C(C)(C)C)c(CCCCCCCN)c(O)c1O. The summed E-state index contributed by atoms with van der Waals surface area (Å²) in [6.45, 7) is 13.4. The summed E-state index contributed by atoms with van der Waals surface area (Å²) in [6.07, 6.45) is 6.39. The van der Waals surface area contributed by atoms with Crippen LogP contribution in [0.2, 0.25) is 0 Å². The fourth-order valence-corrected chi connectivity index (χ4v) is 3.17. The van der Waals surface area contributed by atoms with Crippen LogP contribution in [-0.4, -0.2) is 16.8 Å². The highest BCUT2D eigenvalue weighted by Gasteiger charge is 2.28. The van der Waals surface area contributed by atoms with E-state index in [9.17, 15) is 10.2 Å². The smallest absolute Gasteiger partial charge is 0.161 e. The molecule has 1 rings (SSSR count). The third kappa shape index (κ3) is 5.41. The third-order valence-corrected chi connectivity index (χ3v) is 4.63. The summed E-state index contributed by atoms with van der Waals surface area (Å²) in [7, 11) is 0. The van der Waals surface area contributed by atoms with Crippen molar-refractivity contribution in [3.05, 3.63) is 22.8 Å². The lowest BCUT2D eigenvalue weighted by atomic mass is 9.76. The van der Waals surface area contributed by atoms with E-state index in [4.69, 9.17) is 5.73 Å². The molecule has 0 aromatic heterocycles. The van der Waals surface area contributed by atoms with Gasteiger partial charge in [-0.25, -0.2) is 0 Å². The predicted octanol–water partition coefficient (Wildman–Crippen LogP) is 5.14. The third-order valence-electron chi connectivity index (χ3n) is 4.63. The maximum Gasteiger partial charge on any atom is 0.161 e. The predicted molar refractivity (Wildman–Crippen MR) is 103 cm³/mol. The lowest BCUT2D eigenvalue weighted by Gasteiger charge is -2.29. The summed E-state index contributed by atoms with van der Waals surface area (Å²) in [5.41, 5.74) is 8.12. The zero-order valence-corrected chi connectivity index (χ0v) is 16.5. The molecule has 0 spiro atoms. The minimum Gasteiger partial charge on any atom is -0.504 e. The molecular formula is C21H37NO2. The molecule has 1 aromatic rings. The van der Waals surface area contributed by atoms with Crippen LogP contribution in [-0.2, 0) is 17.3 Å². The molecule has 0 saturated carbocycles. The van der Waals surface area contributed by atoms with Crippen molar-refractivity contribution in [3.63, 3.8) is 0 Å². The first kappa shape index (κ1) is 20.8. The first-order chi connectivity index (χ1) is 11.0. The first-order valence-corrected chi connectivity index (χ1v) is 9.29. The van der Waals surface area contributed by atoms with Crippen LogP contribution >= 0.6 is 0 Å². The minimum absolute atomic E-state index is 0.0497. The number of phenols is 2. The molecule has 0 aliphatic carbocycles. The van der Waals surface area contributed by atoms with Crippen LogP contribution in [0.1, 0.15) is 90.3 Å². The van der Waals surface area contributed by atoms with Gasteiger partial charge in [-0.3, -0.25) is 0 Å². The average Bonchev–Trinajstić information content (AvgIpc) is 2.44. The number of phenolic OH excluding ortho intramolecular Hbond substituents is 2. The van der Waals surface area contributed by atoms with Crippen molar-refractivity contribution in [2.24, 2.45) is 5.73 Å². The van der Waals surface area contributed by atoms with Gasteiger partial charge in [0.1, 0.15) is 0 Å². The van der Waals surface area contributed by atoms with Crippen molar-refractivity contribution in [1.29, 1.82) is 0 Å². The largest absolute Gasteiger partial charge is 0.504 e. The van der Waals surface area contributed by atoms with Crippen LogP contribution in [0.4, 0.5) is 0 Å². The Labute approximate surface area is 148 Å². The van der Waals surface area contributed by atoms with Gasteiger partial charge >= 0.3 is 0 Å². The van der Waals surface area contributed by atoms with Crippen LogP contribution in [0.25, 0.3) is 0 Å². The quantitative estimate of drug-likeness (QED) is 0.477. The van der Waals surface area contributed by atoms with Gasteiger partial charge < -0.3 is 15.9 Å². The Kier molecular flexibility index (Phi) is 7.15. The molecule has 0 saturated heterocycles. The molecule has 0 amide bonds. The van der Waals surface area contributed by atoms with E-state index in [2.05, 4.69) is 47.6 Å². The van der Waals surface area contributed by atoms with Gasteiger partial charge in [0, 0.05) is 11.1 Å². The Morgan fingerprint density at radius 2 is 1.25 bits per heavy atom. The van der Waals surface area contributed by atoms with Crippen molar-refractivity contribution in [2.45, 2.75) is 90.9 Å². The second kappa shape index (κ2) is 8.24. The van der Waals surface area contributed by atoms with E-state index in [1.807, 2.05) is 0 Å². The van der Waals surface area contributed by atoms with E-state index in [1.165, 1.54) is 12.8 Å². The van der Waals surface area contributed by atoms with Gasteiger partial charge in [-0.05, 0) is 42.2 Å². The normalized spacial score (nSPS) is 12.6. The number of benzene rings is 1. The zero-order chi connectivity index (χ0) is 18.5. The van der Waals surface area contributed by atoms with Crippen LogP contribution < -0.4 is 5.73 Å². The van der Waals surface area contributed by atoms with Crippen molar-refractivity contribution >= 4 is 0 Å². The number of rotatable bonds is 7. The molecule has 138 valence electrons. The van der Waals surface area contributed by atoms with Crippen LogP contribution in [0.3, 0.4) is 0 Å². The lowest BCUT2D eigenvalue weighted by Crippen LogP contribution is -2.19. The first-order valence-electron chi connectivity index (χ1n) is 9.29. The van der Waals surface area contributed by atoms with E-state index in [1.54, 1.807) is 0 Å². The second-order valence-electron chi connectivity index (χ2n) is 8.95. The number of hydrogen-bond donors (Lipinski definition) is 3. The molecule has 0 aliphatic rings. The summed E-state index contributed by atoms with van der Waals surface area (Å²) in [4.78, 5) is 0. The lowest BCUT2D eigenvalue weighted by molar-refractivity contribution is 0.381. The fraction of sp³-hybridized carbons (Fsp3) is 0.714. The number of aromatic hydroxyl groups is 2. The maximum absolute atomic E-state index is 10.7. The van der Waals surface area contributed by atoms with E-state index in [-0.39, 0.29) is 22.3 Å². The highest BCUT2D eigenvalue weighted by Crippen LogP contribution is 2.44. The molecular weight excluding hydrogens is 298 g/mol. The van der Waals surface area contributed by atoms with Gasteiger partial charge in [-0.1, -0.05) is 66.9 Å². The van der Waals surface area contributed by atoms with Crippen LogP contribution in [0.15, 0.2) is 6.07 Å². The summed E-state index contributed by atoms with van der Waals surface area (Å²) in [5.74, 6) is 0.128. The van der Waals surface area contributed by atoms with E-state index >= 15 is 0 Å². The molecule has 0 fully saturated rings. The molecule has 3 nitrogen and oxygen atoms in total. The van der Waals surface area contributed by atoms with E-state index in [0.717, 1.165) is 48.9 Å². The Morgan fingerprint density at radius 1 is 0.750 bits per heavy atom. The van der Waals surface area contributed by atoms with Gasteiger partial charge in [0.15, 0.2) is 11.5 Å². The minimum atomic E-state index is -0.206. The van der Waals surface area contributed by atoms with Gasteiger partial charge in [0.05, 0.1) is 0 Å². The van der Waals surface area contributed by atoms with Crippen molar-refractivity contribution in [2.75, 3.05) is 6.54 Å². The van der Waals surface area contributed by atoms with Crippen molar-refractivity contribution in [1.82, 2.24) is 0 Å². The molecule has 24 heavy (non-hydrogen) atoms. The maximum atomic E-state index is 10.7. The van der Waals surface area contributed by atoms with Gasteiger partial charge in [-0.15, -0.1) is 0 Å². The number of hydrogen-bond acceptors (Lipinski definition) is 3. The molecule has 0 atom stereocenters. The second-order valence-corrected chi connectivity index (χ2v) is 8.95. The molecule has 0 unspecified atom stereocenters. The number of unbranched alkanes of at least 4 members (excludes halogenated alkanes) is 4. The Balaban J connectivity index is 3.08. The Bertz CT molecular complexity index is 536. The fourth-order valence-electron chi connectivity index (χ4n) is 3.17. The standard InChI is InChI=1S/C21H37NO2/c1-20(2,3)16-14-17(21(4,5)6)19(24)18(23)15(16)12-10-8-7-9-11-13-22/h14,23-24H,7-13,22H2,1-6H3. The van der Waals surface area contributed by atoms with Gasteiger partial charge in [-0.2, -0.15) is 0 Å². The molecule has 3 heteroatoms. The molecule has 0 bridgehead atoms. The van der Waals surface area contributed by atoms with Gasteiger partial charge in [0.25, 0.3) is 0 Å². The molecule has 4 N–H and O–H groups in total. The van der Waals surface area contributed by atoms with Crippen LogP contribution in [0.5, 0.6) is 11.5 Å². The summed E-state index contributed by atoms with van der Waals surface area (Å²) < 4.78 is 0. The highest BCUT2D eigenvalue weighted by atomic mass is 16.3. The van der Waals surface area contributed by atoms with Crippen molar-refractivity contribution < 1.29 is 10.2 Å². The Hall–Kier alpha value is -1.22. The molecule has 0 radical (unpaired) electrons.